The summed E-state index contributed by atoms with van der Waals surface area (Å²) in [5.74, 6) is -3.69. The monoisotopic (exact) mass is 372 g/mol. The van der Waals surface area contributed by atoms with E-state index in [9.17, 15) is 22.8 Å². The average Bonchev–Trinajstić information content (AvgIpc) is 2.45. The molecule has 0 fully saturated rings. The number of hydrogen-bond donors (Lipinski definition) is 2. The minimum atomic E-state index is -5.21. The third kappa shape index (κ3) is 4.65. The SMILES string of the molecule is CCOC(=O)C(NC(=O)CCl)(Nc1cccc(Cl)c1)C(F)(F)F. The summed E-state index contributed by atoms with van der Waals surface area (Å²) in [6.07, 6.45) is -5.21. The summed E-state index contributed by atoms with van der Waals surface area (Å²) < 4.78 is 45.2. The van der Waals surface area contributed by atoms with E-state index in [4.69, 9.17) is 23.2 Å². The molecular formula is C13H13Cl2F3N2O3. The summed E-state index contributed by atoms with van der Waals surface area (Å²) in [4.78, 5) is 23.4. The summed E-state index contributed by atoms with van der Waals surface area (Å²) in [5.41, 5.74) is -3.63. The van der Waals surface area contributed by atoms with Crippen molar-refractivity contribution in [2.45, 2.75) is 18.8 Å². The molecule has 1 rings (SSSR count). The Bertz CT molecular complexity index is 584. The first-order chi connectivity index (χ1) is 10.7. The number of halogens is 5. The lowest BCUT2D eigenvalue weighted by molar-refractivity contribution is -0.207. The van der Waals surface area contributed by atoms with Crippen molar-refractivity contribution < 1.29 is 27.5 Å². The van der Waals surface area contributed by atoms with E-state index in [1.54, 1.807) is 5.32 Å². The quantitative estimate of drug-likeness (QED) is 0.457. The van der Waals surface area contributed by atoms with Gasteiger partial charge in [-0.05, 0) is 25.1 Å². The predicted molar refractivity (Wildman–Crippen MR) is 79.4 cm³/mol. The highest BCUT2D eigenvalue weighted by atomic mass is 35.5. The molecule has 1 aromatic carbocycles. The van der Waals surface area contributed by atoms with Crippen molar-refractivity contribution in [2.75, 3.05) is 17.8 Å². The first kappa shape index (κ1) is 19.4. The van der Waals surface area contributed by atoms with Crippen LogP contribution in [-0.4, -0.2) is 36.2 Å². The second-order valence-electron chi connectivity index (χ2n) is 4.29. The minimum absolute atomic E-state index is 0.138. The molecule has 10 heteroatoms. The van der Waals surface area contributed by atoms with Crippen molar-refractivity contribution in [3.8, 4) is 0 Å². The Morgan fingerprint density at radius 3 is 2.43 bits per heavy atom. The summed E-state index contributed by atoms with van der Waals surface area (Å²) in [6, 6.07) is 5.22. The standard InChI is InChI=1S/C13H13Cl2F3N2O3/c1-2-23-11(22)12(13(16,17)18,20-10(21)7-14)19-9-5-3-4-8(15)6-9/h3-6,19H,2,7H2,1H3,(H,20,21). The fraction of sp³-hybridized carbons (Fsp3) is 0.385. The highest BCUT2D eigenvalue weighted by molar-refractivity contribution is 6.30. The first-order valence-corrected chi connectivity index (χ1v) is 7.22. The lowest BCUT2D eigenvalue weighted by atomic mass is 10.1. The normalized spacial score (nSPS) is 13.8. The Hall–Kier alpha value is -1.67. The second kappa shape index (κ2) is 7.74. The van der Waals surface area contributed by atoms with Gasteiger partial charge in [-0.3, -0.25) is 4.79 Å². The second-order valence-corrected chi connectivity index (χ2v) is 4.99. The zero-order chi connectivity index (χ0) is 17.7. The van der Waals surface area contributed by atoms with Crippen molar-refractivity contribution in [1.29, 1.82) is 0 Å². The van der Waals surface area contributed by atoms with Gasteiger partial charge in [0, 0.05) is 10.7 Å². The van der Waals surface area contributed by atoms with Gasteiger partial charge in [0.25, 0.3) is 0 Å². The molecule has 5 nitrogen and oxygen atoms in total. The van der Waals surface area contributed by atoms with Gasteiger partial charge < -0.3 is 15.4 Å². The van der Waals surface area contributed by atoms with Crippen LogP contribution in [-0.2, 0) is 14.3 Å². The topological polar surface area (TPSA) is 67.4 Å². The molecular weight excluding hydrogens is 360 g/mol. The van der Waals surface area contributed by atoms with Crippen LogP contribution in [0.3, 0.4) is 0 Å². The first-order valence-electron chi connectivity index (χ1n) is 6.31. The highest BCUT2D eigenvalue weighted by Crippen LogP contribution is 2.33. The molecule has 2 N–H and O–H groups in total. The van der Waals surface area contributed by atoms with Crippen LogP contribution < -0.4 is 10.6 Å². The van der Waals surface area contributed by atoms with Crippen molar-refractivity contribution in [2.24, 2.45) is 0 Å². The van der Waals surface area contributed by atoms with Crippen LogP contribution >= 0.6 is 23.2 Å². The molecule has 0 aliphatic carbocycles. The molecule has 23 heavy (non-hydrogen) atoms. The maximum atomic E-state index is 13.6. The van der Waals surface area contributed by atoms with Crippen molar-refractivity contribution in [3.63, 3.8) is 0 Å². The number of amides is 1. The molecule has 0 aliphatic heterocycles. The molecule has 0 spiro atoms. The van der Waals surface area contributed by atoms with Crippen LogP contribution in [0.25, 0.3) is 0 Å². The van der Waals surface area contributed by atoms with Crippen molar-refractivity contribution in [3.05, 3.63) is 29.3 Å². The van der Waals surface area contributed by atoms with Crippen LogP contribution in [0.1, 0.15) is 6.92 Å². The van der Waals surface area contributed by atoms with Crippen molar-refractivity contribution >= 4 is 40.8 Å². The number of esters is 1. The van der Waals surface area contributed by atoms with E-state index in [-0.39, 0.29) is 17.3 Å². The van der Waals surface area contributed by atoms with Gasteiger partial charge in [0.15, 0.2) is 0 Å². The van der Waals surface area contributed by atoms with Gasteiger partial charge >= 0.3 is 17.8 Å². The van der Waals surface area contributed by atoms with Gasteiger partial charge in [-0.25, -0.2) is 4.79 Å². The fourth-order valence-corrected chi connectivity index (χ4v) is 1.91. The van der Waals surface area contributed by atoms with E-state index in [1.807, 2.05) is 5.32 Å². The predicted octanol–water partition coefficient (Wildman–Crippen LogP) is 2.93. The highest BCUT2D eigenvalue weighted by Gasteiger charge is 2.63. The molecule has 1 aromatic rings. The number of rotatable bonds is 6. The number of carbonyl (C=O) groups excluding carboxylic acids is 2. The summed E-state index contributed by atoms with van der Waals surface area (Å²) in [7, 11) is 0. The molecule has 1 amide bonds. The molecule has 0 radical (unpaired) electrons. The number of nitrogens with one attached hydrogen (secondary N) is 2. The molecule has 1 atom stereocenters. The average molecular weight is 373 g/mol. The molecule has 0 bridgehead atoms. The van der Waals surface area contributed by atoms with E-state index < -0.39 is 29.6 Å². The minimum Gasteiger partial charge on any atom is -0.463 e. The van der Waals surface area contributed by atoms with Gasteiger partial charge in [0.2, 0.25) is 5.91 Å². The lowest BCUT2D eigenvalue weighted by Gasteiger charge is -2.35. The molecule has 0 saturated carbocycles. The third-order valence-corrected chi connectivity index (χ3v) is 3.09. The molecule has 0 aliphatic rings. The maximum Gasteiger partial charge on any atom is 0.441 e. The Balaban J connectivity index is 3.36. The van der Waals surface area contributed by atoms with Gasteiger partial charge in [0.1, 0.15) is 5.88 Å². The van der Waals surface area contributed by atoms with Gasteiger partial charge in [0.05, 0.1) is 6.61 Å². The summed E-state index contributed by atoms with van der Waals surface area (Å²) in [6.45, 7) is 1.02. The van der Waals surface area contributed by atoms with Crippen molar-refractivity contribution in [1.82, 2.24) is 5.32 Å². The number of benzene rings is 1. The molecule has 0 aromatic heterocycles. The smallest absolute Gasteiger partial charge is 0.441 e. The summed E-state index contributed by atoms with van der Waals surface area (Å²) in [5, 5.41) is 3.63. The number of anilines is 1. The van der Waals surface area contributed by atoms with Crippen LogP contribution in [0.5, 0.6) is 0 Å². The Kier molecular flexibility index (Phi) is 6.52. The van der Waals surface area contributed by atoms with Gasteiger partial charge in [-0.1, -0.05) is 17.7 Å². The Morgan fingerprint density at radius 2 is 1.96 bits per heavy atom. The van der Waals surface area contributed by atoms with Crippen LogP contribution in [0, 0.1) is 0 Å². The van der Waals surface area contributed by atoms with Crippen LogP contribution in [0.15, 0.2) is 24.3 Å². The fourth-order valence-electron chi connectivity index (χ4n) is 1.66. The van der Waals surface area contributed by atoms with E-state index in [0.29, 0.717) is 0 Å². The van der Waals surface area contributed by atoms with E-state index in [2.05, 4.69) is 4.74 Å². The largest absolute Gasteiger partial charge is 0.463 e. The maximum absolute atomic E-state index is 13.6. The number of hydrogen-bond acceptors (Lipinski definition) is 4. The third-order valence-electron chi connectivity index (χ3n) is 2.61. The van der Waals surface area contributed by atoms with E-state index >= 15 is 0 Å². The van der Waals surface area contributed by atoms with Crippen LogP contribution in [0.2, 0.25) is 5.02 Å². The number of alkyl halides is 4. The zero-order valence-electron chi connectivity index (χ0n) is 11.8. The number of carbonyl (C=O) groups is 2. The Labute approximate surface area is 140 Å². The van der Waals surface area contributed by atoms with E-state index in [0.717, 1.165) is 6.07 Å². The molecule has 0 heterocycles. The molecule has 0 saturated heterocycles. The Morgan fingerprint density at radius 1 is 1.30 bits per heavy atom. The number of ether oxygens (including phenoxy) is 1. The van der Waals surface area contributed by atoms with Gasteiger partial charge in [-0.2, -0.15) is 13.2 Å². The van der Waals surface area contributed by atoms with E-state index in [1.165, 1.54) is 25.1 Å². The molecule has 128 valence electrons. The lowest BCUT2D eigenvalue weighted by Crippen LogP contribution is -2.69. The summed E-state index contributed by atoms with van der Waals surface area (Å²) >= 11 is 11.0. The van der Waals surface area contributed by atoms with Gasteiger partial charge in [-0.15, -0.1) is 11.6 Å². The molecule has 1 unspecified atom stereocenters. The zero-order valence-corrected chi connectivity index (χ0v) is 13.4. The van der Waals surface area contributed by atoms with Crippen LogP contribution in [0.4, 0.5) is 18.9 Å².